The maximum absolute atomic E-state index is 13.1. The van der Waals surface area contributed by atoms with E-state index in [4.69, 9.17) is 0 Å². The van der Waals surface area contributed by atoms with E-state index in [1.54, 1.807) is 0 Å². The summed E-state index contributed by atoms with van der Waals surface area (Å²) in [6.07, 6.45) is 9.10. The summed E-state index contributed by atoms with van der Waals surface area (Å²) >= 11 is 0. The fourth-order valence-corrected chi connectivity index (χ4v) is 6.59. The Hall–Kier alpha value is -1.18. The molecule has 102 valence electrons. The van der Waals surface area contributed by atoms with E-state index in [1.165, 1.54) is 19.3 Å². The largest absolute Gasteiger partial charge is 0.294 e. The first kappa shape index (κ1) is 10.5. The average molecular weight is 266 g/mol. The fourth-order valence-electron chi connectivity index (χ4n) is 6.59. The summed E-state index contributed by atoms with van der Waals surface area (Å²) in [6.45, 7) is 0. The third-order valence-electron chi connectivity index (χ3n) is 7.34. The summed E-state index contributed by atoms with van der Waals surface area (Å²) in [7, 11) is 0. The third-order valence-corrected chi connectivity index (χ3v) is 7.34. The van der Waals surface area contributed by atoms with Crippen LogP contribution in [0.4, 0.5) is 0 Å². The van der Waals surface area contributed by atoms with Crippen LogP contribution < -0.4 is 0 Å². The molecule has 0 unspecified atom stereocenters. The van der Waals surface area contributed by atoms with E-state index in [9.17, 15) is 9.59 Å². The second-order valence-corrected chi connectivity index (χ2v) is 7.91. The summed E-state index contributed by atoms with van der Waals surface area (Å²) < 4.78 is 0. The molecule has 0 aliphatic heterocycles. The smallest absolute Gasteiger partial charge is 0.163 e. The molecule has 7 rings (SSSR count). The zero-order valence-electron chi connectivity index (χ0n) is 11.4. The first-order valence-electron chi connectivity index (χ1n) is 8.26. The topological polar surface area (TPSA) is 34.1 Å². The molecule has 0 radical (unpaired) electrons. The van der Waals surface area contributed by atoms with E-state index in [0.717, 1.165) is 29.4 Å². The molecular weight excluding hydrogens is 248 g/mol. The van der Waals surface area contributed by atoms with Crippen molar-refractivity contribution in [2.24, 2.45) is 47.3 Å². The van der Waals surface area contributed by atoms with E-state index >= 15 is 0 Å². The molecule has 0 aromatic heterocycles. The lowest BCUT2D eigenvalue weighted by Gasteiger charge is -2.44. The quantitative estimate of drug-likeness (QED) is 0.631. The van der Waals surface area contributed by atoms with Gasteiger partial charge in [0.05, 0.1) is 0 Å². The number of fused-ring (bicyclic) bond motifs is 6. The molecule has 3 saturated carbocycles. The van der Waals surface area contributed by atoms with Gasteiger partial charge in [-0.1, -0.05) is 12.2 Å². The molecule has 0 N–H and O–H groups in total. The molecule has 3 fully saturated rings. The normalized spacial score (nSPS) is 57.0. The van der Waals surface area contributed by atoms with E-state index < -0.39 is 0 Å². The van der Waals surface area contributed by atoms with Gasteiger partial charge in [-0.25, -0.2) is 0 Å². The maximum atomic E-state index is 13.1. The zero-order valence-corrected chi connectivity index (χ0v) is 11.4. The molecule has 0 aromatic rings. The van der Waals surface area contributed by atoms with Gasteiger partial charge in [0.2, 0.25) is 0 Å². The number of Topliss-reactive ketones (excluding diaryl/α,β-unsaturated/α-hetero) is 2. The maximum Gasteiger partial charge on any atom is 0.163 e. The van der Waals surface area contributed by atoms with Gasteiger partial charge in [-0.15, -0.1) is 0 Å². The molecule has 4 bridgehead atoms. The van der Waals surface area contributed by atoms with Crippen LogP contribution >= 0.6 is 0 Å². The average Bonchev–Trinajstić information content (AvgIpc) is 3.06. The number of allylic oxidation sites excluding steroid dienone is 4. The Bertz CT molecular complexity index is 588. The Morgan fingerprint density at radius 2 is 1.25 bits per heavy atom. The molecule has 0 spiro atoms. The van der Waals surface area contributed by atoms with Crippen LogP contribution in [0, 0.1) is 47.3 Å². The van der Waals surface area contributed by atoms with Crippen molar-refractivity contribution >= 4 is 11.6 Å². The molecule has 7 aliphatic carbocycles. The minimum absolute atomic E-state index is 0.0211. The van der Waals surface area contributed by atoms with E-state index in [2.05, 4.69) is 12.2 Å². The van der Waals surface area contributed by atoms with Crippen molar-refractivity contribution in [2.45, 2.75) is 25.7 Å². The Morgan fingerprint density at radius 1 is 0.750 bits per heavy atom. The molecule has 20 heavy (non-hydrogen) atoms. The first-order valence-corrected chi connectivity index (χ1v) is 8.26. The van der Waals surface area contributed by atoms with Crippen LogP contribution in [-0.4, -0.2) is 11.6 Å². The standard InChI is InChI=1S/C18H18O2/c19-17-13-7-1-2-8(5-7)14(13)18(20)16-10-4-3-9(15(16)17)11-6-12(10)11/h1-2,7-14H,3-6H2/t7-,8+,9+,10-,11-,12+,13-,14+. The van der Waals surface area contributed by atoms with Gasteiger partial charge in [-0.05, 0) is 61.2 Å². The predicted molar refractivity (Wildman–Crippen MR) is 72.6 cm³/mol. The van der Waals surface area contributed by atoms with Gasteiger partial charge in [-0.3, -0.25) is 9.59 Å². The fraction of sp³-hybridized carbons (Fsp3) is 0.667. The van der Waals surface area contributed by atoms with Gasteiger partial charge in [-0.2, -0.15) is 0 Å². The van der Waals surface area contributed by atoms with Crippen LogP contribution in [0.15, 0.2) is 23.3 Å². The van der Waals surface area contributed by atoms with Crippen molar-refractivity contribution < 1.29 is 9.59 Å². The monoisotopic (exact) mass is 266 g/mol. The number of carbonyl (C=O) groups is 2. The van der Waals surface area contributed by atoms with Crippen molar-refractivity contribution in [3.8, 4) is 0 Å². The van der Waals surface area contributed by atoms with Crippen molar-refractivity contribution in [2.75, 3.05) is 0 Å². The summed E-state index contributed by atoms with van der Waals surface area (Å²) in [5, 5.41) is 0. The van der Waals surface area contributed by atoms with Crippen LogP contribution in [0.5, 0.6) is 0 Å². The summed E-state index contributed by atoms with van der Waals surface area (Å²) in [5.74, 6) is 3.99. The van der Waals surface area contributed by atoms with E-state index in [-0.39, 0.29) is 11.8 Å². The minimum Gasteiger partial charge on any atom is -0.294 e. The lowest BCUT2D eigenvalue weighted by atomic mass is 9.57. The van der Waals surface area contributed by atoms with Gasteiger partial charge in [0.1, 0.15) is 0 Å². The van der Waals surface area contributed by atoms with Crippen LogP contribution in [0.3, 0.4) is 0 Å². The highest BCUT2D eigenvalue weighted by atomic mass is 16.1. The summed E-state index contributed by atoms with van der Waals surface area (Å²) in [4.78, 5) is 26.2. The Morgan fingerprint density at radius 3 is 1.75 bits per heavy atom. The molecule has 0 amide bonds. The SMILES string of the molecule is O=C1C2=C(C(=O)[C@H]3[C@@H]1[C@H]1C=C[C@@H]3C1)[C@H]1CC[C@@H]2[C@@H]2C[C@@H]21. The van der Waals surface area contributed by atoms with E-state index in [1.807, 2.05) is 0 Å². The molecule has 8 atom stereocenters. The molecular formula is C18H18O2. The van der Waals surface area contributed by atoms with Gasteiger partial charge < -0.3 is 0 Å². The van der Waals surface area contributed by atoms with Crippen LogP contribution in [-0.2, 0) is 9.59 Å². The van der Waals surface area contributed by atoms with Crippen molar-refractivity contribution in [3.05, 3.63) is 23.3 Å². The Labute approximate surface area is 118 Å². The number of hydrogen-bond donors (Lipinski definition) is 0. The lowest BCUT2D eigenvalue weighted by molar-refractivity contribution is -0.133. The van der Waals surface area contributed by atoms with Crippen molar-refractivity contribution in [3.63, 3.8) is 0 Å². The first-order chi connectivity index (χ1) is 9.75. The van der Waals surface area contributed by atoms with Crippen LogP contribution in [0.25, 0.3) is 0 Å². The number of ketones is 2. The molecule has 7 aliphatic rings. The minimum atomic E-state index is 0.0211. The Kier molecular flexibility index (Phi) is 1.59. The van der Waals surface area contributed by atoms with Gasteiger partial charge in [0.25, 0.3) is 0 Å². The predicted octanol–water partition coefficient (Wildman–Crippen LogP) is 2.55. The van der Waals surface area contributed by atoms with Crippen molar-refractivity contribution in [1.29, 1.82) is 0 Å². The van der Waals surface area contributed by atoms with Crippen LogP contribution in [0.2, 0.25) is 0 Å². The summed E-state index contributed by atoms with van der Waals surface area (Å²) in [6, 6.07) is 0. The second kappa shape index (κ2) is 3.03. The molecule has 2 heteroatoms. The number of carbonyl (C=O) groups excluding carboxylic acids is 2. The zero-order chi connectivity index (χ0) is 13.2. The van der Waals surface area contributed by atoms with Gasteiger partial charge >= 0.3 is 0 Å². The molecule has 0 aromatic carbocycles. The lowest BCUT2D eigenvalue weighted by Crippen LogP contribution is -2.47. The summed E-state index contributed by atoms with van der Waals surface area (Å²) in [5.41, 5.74) is 2.07. The Balaban J connectivity index is 1.57. The van der Waals surface area contributed by atoms with Crippen molar-refractivity contribution in [1.82, 2.24) is 0 Å². The van der Waals surface area contributed by atoms with Gasteiger partial charge in [0.15, 0.2) is 11.6 Å². The highest BCUT2D eigenvalue weighted by Gasteiger charge is 2.64. The molecule has 2 nitrogen and oxygen atoms in total. The highest BCUT2D eigenvalue weighted by molar-refractivity contribution is 6.16. The van der Waals surface area contributed by atoms with Gasteiger partial charge in [0, 0.05) is 23.0 Å². The van der Waals surface area contributed by atoms with E-state index in [0.29, 0.717) is 35.2 Å². The number of rotatable bonds is 0. The second-order valence-electron chi connectivity index (χ2n) is 7.91. The highest BCUT2D eigenvalue weighted by Crippen LogP contribution is 2.67. The molecule has 0 heterocycles. The number of hydrogen-bond acceptors (Lipinski definition) is 2. The van der Waals surface area contributed by atoms with Crippen LogP contribution in [0.1, 0.15) is 25.7 Å². The molecule has 0 saturated heterocycles. The third kappa shape index (κ3) is 0.943.